The quantitative estimate of drug-likeness (QED) is 0.821. The maximum atomic E-state index is 6.12. The van der Waals surface area contributed by atoms with Crippen LogP contribution in [0.1, 0.15) is 12.8 Å². The van der Waals surface area contributed by atoms with Gasteiger partial charge in [-0.05, 0) is 43.2 Å². The molecule has 1 heterocycles. The van der Waals surface area contributed by atoms with E-state index in [4.69, 9.17) is 4.74 Å². The number of anilines is 1. The zero-order valence-electron chi connectivity index (χ0n) is 11.3. The van der Waals surface area contributed by atoms with Crippen molar-refractivity contribution in [3.8, 4) is 5.75 Å². The van der Waals surface area contributed by atoms with E-state index in [-0.39, 0.29) is 6.10 Å². The van der Waals surface area contributed by atoms with Gasteiger partial charge in [0, 0.05) is 16.7 Å². The highest BCUT2D eigenvalue weighted by molar-refractivity contribution is 9.10. The molecule has 104 valence electrons. The van der Waals surface area contributed by atoms with Gasteiger partial charge in [-0.3, -0.25) is 0 Å². The smallest absolute Gasteiger partial charge is 0.120 e. The zero-order chi connectivity index (χ0) is 13.8. The Morgan fingerprint density at radius 2 is 1.90 bits per heavy atom. The van der Waals surface area contributed by atoms with Crippen LogP contribution in [0.15, 0.2) is 59.1 Å². The summed E-state index contributed by atoms with van der Waals surface area (Å²) < 4.78 is 7.18. The molecule has 3 rings (SSSR count). The highest BCUT2D eigenvalue weighted by Crippen LogP contribution is 2.24. The van der Waals surface area contributed by atoms with Crippen LogP contribution in [0, 0.1) is 0 Å². The average molecular weight is 332 g/mol. The highest BCUT2D eigenvalue weighted by Gasteiger charge is 2.21. The van der Waals surface area contributed by atoms with E-state index in [1.165, 1.54) is 12.1 Å². The summed E-state index contributed by atoms with van der Waals surface area (Å²) in [6.45, 7) is 2.07. The van der Waals surface area contributed by atoms with E-state index in [1.807, 2.05) is 24.3 Å². The van der Waals surface area contributed by atoms with Crippen LogP contribution in [-0.4, -0.2) is 19.2 Å². The molecular formula is C17H18BrNO. The molecule has 2 aromatic carbocycles. The van der Waals surface area contributed by atoms with E-state index in [1.54, 1.807) is 0 Å². The van der Waals surface area contributed by atoms with Crippen molar-refractivity contribution in [3.05, 3.63) is 59.1 Å². The summed E-state index contributed by atoms with van der Waals surface area (Å²) in [5.74, 6) is 0.944. The molecule has 1 fully saturated rings. The third-order valence-corrected chi connectivity index (χ3v) is 4.09. The topological polar surface area (TPSA) is 12.5 Å². The maximum absolute atomic E-state index is 6.12. The van der Waals surface area contributed by atoms with Gasteiger partial charge in [-0.1, -0.05) is 40.2 Å². The van der Waals surface area contributed by atoms with Crippen LogP contribution in [0.5, 0.6) is 5.75 Å². The fraction of sp³-hybridized carbons (Fsp3) is 0.294. The summed E-state index contributed by atoms with van der Waals surface area (Å²) in [5, 5.41) is 0. The summed E-state index contributed by atoms with van der Waals surface area (Å²) in [5.41, 5.74) is 1.29. The van der Waals surface area contributed by atoms with Gasteiger partial charge in [0.1, 0.15) is 11.9 Å². The summed E-state index contributed by atoms with van der Waals surface area (Å²) in [6, 6.07) is 18.7. The number of piperidine rings is 1. The van der Waals surface area contributed by atoms with Crippen molar-refractivity contribution < 1.29 is 4.74 Å². The molecule has 0 amide bonds. The second kappa shape index (κ2) is 6.31. The van der Waals surface area contributed by atoms with Crippen molar-refractivity contribution in [1.82, 2.24) is 0 Å². The second-order valence-electron chi connectivity index (χ2n) is 5.12. The molecule has 0 N–H and O–H groups in total. The summed E-state index contributed by atoms with van der Waals surface area (Å²) in [4.78, 5) is 2.41. The minimum Gasteiger partial charge on any atom is -0.489 e. The molecular weight excluding hydrogens is 314 g/mol. The van der Waals surface area contributed by atoms with Gasteiger partial charge in [0.2, 0.25) is 0 Å². The molecule has 0 aliphatic carbocycles. The largest absolute Gasteiger partial charge is 0.489 e. The van der Waals surface area contributed by atoms with Crippen LogP contribution in [0.3, 0.4) is 0 Å². The predicted octanol–water partition coefficient (Wildman–Crippen LogP) is 4.50. The third-order valence-electron chi connectivity index (χ3n) is 3.60. The van der Waals surface area contributed by atoms with Crippen molar-refractivity contribution in [2.24, 2.45) is 0 Å². The maximum Gasteiger partial charge on any atom is 0.120 e. The predicted molar refractivity (Wildman–Crippen MR) is 86.4 cm³/mol. The van der Waals surface area contributed by atoms with Crippen molar-refractivity contribution in [2.75, 3.05) is 18.0 Å². The molecule has 1 aliphatic rings. The van der Waals surface area contributed by atoms with E-state index < -0.39 is 0 Å². The third kappa shape index (κ3) is 3.34. The lowest BCUT2D eigenvalue weighted by atomic mass is 10.1. The van der Waals surface area contributed by atoms with Crippen molar-refractivity contribution >= 4 is 21.6 Å². The number of hydrogen-bond acceptors (Lipinski definition) is 2. The van der Waals surface area contributed by atoms with Gasteiger partial charge < -0.3 is 9.64 Å². The summed E-state index contributed by atoms with van der Waals surface area (Å²) in [6.07, 6.45) is 2.56. The number of hydrogen-bond donors (Lipinski definition) is 0. The molecule has 0 spiro atoms. The Bertz CT molecular complexity index is 558. The van der Waals surface area contributed by atoms with Gasteiger partial charge in [-0.15, -0.1) is 0 Å². The SMILES string of the molecule is Brc1cccc(OC2CCCN(c3ccccc3)C2)c1. The first-order valence-electron chi connectivity index (χ1n) is 7.03. The Balaban J connectivity index is 1.66. The highest BCUT2D eigenvalue weighted by atomic mass is 79.9. The van der Waals surface area contributed by atoms with Gasteiger partial charge in [-0.2, -0.15) is 0 Å². The fourth-order valence-corrected chi connectivity index (χ4v) is 3.02. The number of halogens is 1. The van der Waals surface area contributed by atoms with E-state index in [0.717, 1.165) is 29.7 Å². The minimum absolute atomic E-state index is 0.262. The Labute approximate surface area is 128 Å². The second-order valence-corrected chi connectivity index (χ2v) is 6.04. The van der Waals surface area contributed by atoms with Crippen LogP contribution < -0.4 is 9.64 Å². The lowest BCUT2D eigenvalue weighted by molar-refractivity contribution is 0.179. The van der Waals surface area contributed by atoms with E-state index in [9.17, 15) is 0 Å². The number of benzene rings is 2. The molecule has 2 aromatic rings. The molecule has 2 nitrogen and oxygen atoms in total. The summed E-state index contributed by atoms with van der Waals surface area (Å²) >= 11 is 3.49. The normalized spacial score (nSPS) is 18.9. The number of rotatable bonds is 3. The standard InChI is InChI=1S/C17H18BrNO/c18-14-6-4-9-16(12-14)20-17-10-5-11-19(13-17)15-7-2-1-3-8-15/h1-4,6-9,12,17H,5,10-11,13H2. The van der Waals surface area contributed by atoms with E-state index in [0.29, 0.717) is 0 Å². The van der Waals surface area contributed by atoms with Gasteiger partial charge in [0.25, 0.3) is 0 Å². The lowest BCUT2D eigenvalue weighted by Gasteiger charge is -2.34. The first-order chi connectivity index (χ1) is 9.81. The minimum atomic E-state index is 0.262. The Hall–Kier alpha value is -1.48. The molecule has 20 heavy (non-hydrogen) atoms. The Morgan fingerprint density at radius 3 is 2.70 bits per heavy atom. The van der Waals surface area contributed by atoms with Crippen LogP contribution >= 0.6 is 15.9 Å². The number of para-hydroxylation sites is 1. The van der Waals surface area contributed by atoms with E-state index >= 15 is 0 Å². The monoisotopic (exact) mass is 331 g/mol. The van der Waals surface area contributed by atoms with Crippen LogP contribution in [0.2, 0.25) is 0 Å². The molecule has 0 bridgehead atoms. The van der Waals surface area contributed by atoms with Crippen molar-refractivity contribution in [2.45, 2.75) is 18.9 Å². The number of nitrogens with zero attached hydrogens (tertiary/aromatic N) is 1. The van der Waals surface area contributed by atoms with Gasteiger partial charge in [0.05, 0.1) is 6.54 Å². The summed E-state index contributed by atoms with van der Waals surface area (Å²) in [7, 11) is 0. The lowest BCUT2D eigenvalue weighted by Crippen LogP contribution is -2.41. The van der Waals surface area contributed by atoms with Crippen molar-refractivity contribution in [3.63, 3.8) is 0 Å². The Kier molecular flexibility index (Phi) is 4.26. The van der Waals surface area contributed by atoms with Crippen molar-refractivity contribution in [1.29, 1.82) is 0 Å². The van der Waals surface area contributed by atoms with Crippen LogP contribution in [-0.2, 0) is 0 Å². The molecule has 1 unspecified atom stereocenters. The van der Waals surface area contributed by atoms with E-state index in [2.05, 4.69) is 51.2 Å². The molecule has 0 saturated carbocycles. The fourth-order valence-electron chi connectivity index (χ4n) is 2.64. The number of ether oxygens (including phenoxy) is 1. The first kappa shape index (κ1) is 13.5. The molecule has 0 aromatic heterocycles. The average Bonchev–Trinajstić information content (AvgIpc) is 2.48. The van der Waals surface area contributed by atoms with Gasteiger partial charge in [-0.25, -0.2) is 0 Å². The van der Waals surface area contributed by atoms with Gasteiger partial charge in [0.15, 0.2) is 0 Å². The van der Waals surface area contributed by atoms with Gasteiger partial charge >= 0.3 is 0 Å². The van der Waals surface area contributed by atoms with Crippen LogP contribution in [0.4, 0.5) is 5.69 Å². The molecule has 1 aliphatic heterocycles. The zero-order valence-corrected chi connectivity index (χ0v) is 12.9. The molecule has 1 saturated heterocycles. The first-order valence-corrected chi connectivity index (χ1v) is 7.83. The van der Waals surface area contributed by atoms with Crippen LogP contribution in [0.25, 0.3) is 0 Å². The molecule has 0 radical (unpaired) electrons. The Morgan fingerprint density at radius 1 is 1.05 bits per heavy atom. The molecule has 3 heteroatoms. The molecule has 1 atom stereocenters.